The average molecular weight is 607 g/mol. The number of rotatable bonds is 7. The number of halogens is 5. The van der Waals surface area contributed by atoms with Crippen molar-refractivity contribution < 1.29 is 26.7 Å². The van der Waals surface area contributed by atoms with E-state index >= 15 is 0 Å². The van der Waals surface area contributed by atoms with Crippen LogP contribution >= 0.6 is 0 Å². The van der Waals surface area contributed by atoms with Crippen molar-refractivity contribution in [3.63, 3.8) is 0 Å². The Morgan fingerprint density at radius 2 is 1.84 bits per heavy atom. The minimum atomic E-state index is -4.48. The summed E-state index contributed by atoms with van der Waals surface area (Å²) in [5.74, 6) is -2.67. The second-order valence-electron chi connectivity index (χ2n) is 12.1. The number of aromatic nitrogens is 4. The van der Waals surface area contributed by atoms with Gasteiger partial charge in [0.2, 0.25) is 11.5 Å². The normalized spacial score (nSPS) is 25.7. The molecule has 6 rings (SSSR count). The molecule has 2 aromatic heterocycles. The van der Waals surface area contributed by atoms with E-state index in [4.69, 9.17) is 15.6 Å². The first-order valence-corrected chi connectivity index (χ1v) is 14.6. The molecule has 4 atom stereocenters. The first-order valence-electron chi connectivity index (χ1n) is 14.6. The maximum atomic E-state index is 14.1. The highest BCUT2D eigenvalue weighted by Gasteiger charge is 2.51. The smallest absolute Gasteiger partial charge is 0.376 e. The molecule has 1 aromatic carbocycles. The SMILES string of the molecule is C[C@@H]1CN(c2nc(=N)n(C=N)c3c2ncn3C[C@@H]2CCCO2)[C@@H](C)CN1C(c1ccc(C(F)(F)F)cc1)C1CC(F)(F)C1. The first kappa shape index (κ1) is 29.7. The summed E-state index contributed by atoms with van der Waals surface area (Å²) in [5.41, 5.74) is 0.819. The van der Waals surface area contributed by atoms with Crippen molar-refractivity contribution in [3.05, 3.63) is 47.3 Å². The van der Waals surface area contributed by atoms with Crippen molar-refractivity contribution in [2.24, 2.45) is 5.92 Å². The summed E-state index contributed by atoms with van der Waals surface area (Å²) in [5, 5.41) is 16.5. The van der Waals surface area contributed by atoms with E-state index in [1.807, 2.05) is 18.4 Å². The summed E-state index contributed by atoms with van der Waals surface area (Å²) >= 11 is 0. The Bertz CT molecular complexity index is 1540. The van der Waals surface area contributed by atoms with Gasteiger partial charge in [0.25, 0.3) is 0 Å². The molecule has 2 aliphatic heterocycles. The summed E-state index contributed by atoms with van der Waals surface area (Å²) in [6, 6.07) is 4.06. The Labute approximate surface area is 245 Å². The van der Waals surface area contributed by atoms with Gasteiger partial charge in [0.15, 0.2) is 11.5 Å². The minimum absolute atomic E-state index is 0.0193. The molecule has 232 valence electrons. The predicted molar refractivity (Wildman–Crippen MR) is 149 cm³/mol. The maximum Gasteiger partial charge on any atom is 0.416 e. The van der Waals surface area contributed by atoms with Crippen LogP contribution in [0, 0.1) is 16.7 Å². The van der Waals surface area contributed by atoms with E-state index in [-0.39, 0.29) is 36.6 Å². The lowest BCUT2D eigenvalue weighted by atomic mass is 9.73. The summed E-state index contributed by atoms with van der Waals surface area (Å²) in [4.78, 5) is 13.4. The lowest BCUT2D eigenvalue weighted by molar-refractivity contribution is -0.138. The monoisotopic (exact) mass is 606 g/mol. The van der Waals surface area contributed by atoms with Gasteiger partial charge in [-0.1, -0.05) is 12.1 Å². The summed E-state index contributed by atoms with van der Waals surface area (Å²) < 4.78 is 76.9. The zero-order valence-electron chi connectivity index (χ0n) is 24.0. The van der Waals surface area contributed by atoms with Gasteiger partial charge >= 0.3 is 6.18 Å². The lowest BCUT2D eigenvalue weighted by Crippen LogP contribution is -2.60. The molecule has 3 aromatic rings. The van der Waals surface area contributed by atoms with E-state index in [9.17, 15) is 22.0 Å². The molecule has 0 bridgehead atoms. The Kier molecular flexibility index (Phi) is 7.56. The molecule has 43 heavy (non-hydrogen) atoms. The summed E-state index contributed by atoms with van der Waals surface area (Å²) in [7, 11) is 0. The number of fused-ring (bicyclic) bond motifs is 1. The number of hydrogen-bond acceptors (Lipinski definition) is 7. The fraction of sp³-hybridized carbons (Fsp3) is 0.586. The van der Waals surface area contributed by atoms with E-state index in [1.54, 1.807) is 6.33 Å². The van der Waals surface area contributed by atoms with Crippen LogP contribution in [-0.4, -0.2) is 74.1 Å². The molecule has 2 N–H and O–H groups in total. The minimum Gasteiger partial charge on any atom is -0.376 e. The molecule has 14 heteroatoms. The molecule has 0 amide bonds. The van der Waals surface area contributed by atoms with Crippen LogP contribution in [0.25, 0.3) is 11.2 Å². The number of anilines is 1. The van der Waals surface area contributed by atoms with E-state index < -0.39 is 29.6 Å². The van der Waals surface area contributed by atoms with Crippen molar-refractivity contribution in [1.29, 1.82) is 10.8 Å². The molecular formula is C29H35F5N8O. The molecule has 0 radical (unpaired) electrons. The average Bonchev–Trinajstić information content (AvgIpc) is 3.60. The highest BCUT2D eigenvalue weighted by atomic mass is 19.4. The predicted octanol–water partition coefficient (Wildman–Crippen LogP) is 5.05. The molecule has 0 spiro atoms. The third kappa shape index (κ3) is 5.54. The first-order chi connectivity index (χ1) is 20.4. The zero-order chi connectivity index (χ0) is 30.7. The number of imidazole rings is 1. The number of piperazine rings is 1. The molecule has 1 aliphatic carbocycles. The molecular weight excluding hydrogens is 571 g/mol. The summed E-state index contributed by atoms with van der Waals surface area (Å²) in [6.45, 7) is 6.08. The molecule has 4 heterocycles. The quantitative estimate of drug-likeness (QED) is 0.223. The van der Waals surface area contributed by atoms with Gasteiger partial charge in [0, 0.05) is 50.7 Å². The zero-order valence-corrected chi connectivity index (χ0v) is 24.0. The van der Waals surface area contributed by atoms with Crippen LogP contribution in [0.15, 0.2) is 30.6 Å². The Balaban J connectivity index is 1.31. The number of nitrogens with one attached hydrogen (secondary N) is 2. The topological polar surface area (TPSA) is 99.1 Å². The van der Waals surface area contributed by atoms with E-state index in [1.165, 1.54) is 16.7 Å². The van der Waals surface area contributed by atoms with Crippen LogP contribution in [-0.2, 0) is 17.5 Å². The fourth-order valence-corrected chi connectivity index (χ4v) is 6.93. The van der Waals surface area contributed by atoms with Crippen LogP contribution in [0.3, 0.4) is 0 Å². The highest BCUT2D eigenvalue weighted by Crippen LogP contribution is 2.51. The van der Waals surface area contributed by atoms with Crippen molar-refractivity contribution in [1.82, 2.24) is 24.0 Å². The van der Waals surface area contributed by atoms with Gasteiger partial charge in [-0.3, -0.25) is 20.3 Å². The second kappa shape index (κ2) is 11.0. The number of benzene rings is 1. The molecule has 3 fully saturated rings. The van der Waals surface area contributed by atoms with Crippen molar-refractivity contribution in [2.75, 3.05) is 24.6 Å². The Hall–Kier alpha value is -3.39. The van der Waals surface area contributed by atoms with Gasteiger partial charge in [0.1, 0.15) is 5.52 Å². The Morgan fingerprint density at radius 3 is 2.44 bits per heavy atom. The van der Waals surface area contributed by atoms with Crippen molar-refractivity contribution in [3.8, 4) is 0 Å². The van der Waals surface area contributed by atoms with Gasteiger partial charge < -0.3 is 14.2 Å². The fourth-order valence-electron chi connectivity index (χ4n) is 6.93. The lowest BCUT2D eigenvalue weighted by Gasteiger charge is -2.52. The van der Waals surface area contributed by atoms with Gasteiger partial charge in [-0.05, 0) is 50.3 Å². The van der Waals surface area contributed by atoms with Gasteiger partial charge in [-0.15, -0.1) is 0 Å². The summed E-state index contributed by atoms with van der Waals surface area (Å²) in [6.07, 6.45) is -0.470. The van der Waals surface area contributed by atoms with E-state index in [0.29, 0.717) is 48.8 Å². The number of hydrogen-bond donors (Lipinski definition) is 2. The van der Waals surface area contributed by atoms with Crippen LogP contribution in [0.2, 0.25) is 0 Å². The molecule has 9 nitrogen and oxygen atoms in total. The van der Waals surface area contributed by atoms with Crippen LogP contribution in [0.4, 0.5) is 27.8 Å². The molecule has 1 unspecified atom stereocenters. The molecule has 3 aliphatic rings. The number of alkyl halides is 5. The van der Waals surface area contributed by atoms with E-state index in [2.05, 4.69) is 19.8 Å². The molecule has 1 saturated carbocycles. The standard InChI is InChI=1S/C29H35F5N8O/c1-17-13-41(25-23-26(42(15-35)27(36)38-25)39(16-37-23)14-22-4-3-9-43-22)18(2)12-40(17)24(20-10-28(30,31)11-20)19-5-7-21(8-6-19)29(32,33)34/h5-8,15-18,20,22,24,35-36H,3-4,9-14H2,1-2H3/t17-,18+,22+,24?/m1/s1. The highest BCUT2D eigenvalue weighted by molar-refractivity contribution is 5.87. The molecule has 2 saturated heterocycles. The maximum absolute atomic E-state index is 14.1. The van der Waals surface area contributed by atoms with Crippen molar-refractivity contribution >= 4 is 23.3 Å². The third-order valence-corrected chi connectivity index (χ3v) is 9.05. The van der Waals surface area contributed by atoms with Crippen LogP contribution < -0.4 is 10.5 Å². The van der Waals surface area contributed by atoms with Crippen LogP contribution in [0.5, 0.6) is 0 Å². The van der Waals surface area contributed by atoms with Crippen LogP contribution in [0.1, 0.15) is 56.7 Å². The van der Waals surface area contributed by atoms with Gasteiger partial charge in [-0.25, -0.2) is 13.8 Å². The number of ether oxygens (including phenoxy) is 1. The third-order valence-electron chi connectivity index (χ3n) is 9.05. The number of nitrogens with zero attached hydrogens (tertiary/aromatic N) is 6. The van der Waals surface area contributed by atoms with Gasteiger partial charge in [0.05, 0.1) is 30.9 Å². The largest absolute Gasteiger partial charge is 0.416 e. The Morgan fingerprint density at radius 1 is 1.12 bits per heavy atom. The second-order valence-corrected chi connectivity index (χ2v) is 12.1. The van der Waals surface area contributed by atoms with Gasteiger partial charge in [-0.2, -0.15) is 18.2 Å². The van der Waals surface area contributed by atoms with Crippen molar-refractivity contribution in [2.45, 2.75) is 82.4 Å². The van der Waals surface area contributed by atoms with E-state index in [0.717, 1.165) is 31.3 Å².